The summed E-state index contributed by atoms with van der Waals surface area (Å²) in [5.41, 5.74) is 0.298. The van der Waals surface area contributed by atoms with E-state index in [0.29, 0.717) is 23.9 Å². The molecular formula is C14H16ClN3O2S. The van der Waals surface area contributed by atoms with Gasteiger partial charge in [-0.3, -0.25) is 0 Å². The molecule has 7 heteroatoms. The number of nitriles is 1. The van der Waals surface area contributed by atoms with Gasteiger partial charge in [-0.15, -0.1) is 0 Å². The molecule has 21 heavy (non-hydrogen) atoms. The summed E-state index contributed by atoms with van der Waals surface area (Å²) in [5, 5.41) is 12.4. The van der Waals surface area contributed by atoms with E-state index in [1.165, 1.54) is 22.5 Å². The molecule has 2 saturated heterocycles. The maximum atomic E-state index is 12.9. The van der Waals surface area contributed by atoms with Crippen molar-refractivity contribution in [2.75, 3.05) is 19.6 Å². The fourth-order valence-electron chi connectivity index (χ4n) is 3.34. The number of nitrogens with zero attached hydrogens (tertiary/aromatic N) is 2. The normalized spacial score (nSPS) is 29.3. The molecule has 3 unspecified atom stereocenters. The number of halogens is 1. The molecule has 0 saturated carbocycles. The van der Waals surface area contributed by atoms with Crippen molar-refractivity contribution in [1.82, 2.24) is 9.62 Å². The van der Waals surface area contributed by atoms with Crippen molar-refractivity contribution in [3.8, 4) is 6.07 Å². The van der Waals surface area contributed by atoms with Crippen molar-refractivity contribution in [3.05, 3.63) is 28.8 Å². The highest BCUT2D eigenvalue weighted by molar-refractivity contribution is 7.89. The topological polar surface area (TPSA) is 73.2 Å². The third kappa shape index (κ3) is 2.34. The zero-order chi connectivity index (χ0) is 15.2. The van der Waals surface area contributed by atoms with Gasteiger partial charge in [0, 0.05) is 12.6 Å². The fraction of sp³-hybridized carbons (Fsp3) is 0.500. The zero-order valence-corrected chi connectivity index (χ0v) is 13.2. The Bertz CT molecular complexity index is 713. The largest absolute Gasteiger partial charge is 0.316 e. The molecule has 3 atom stereocenters. The number of benzene rings is 1. The third-order valence-corrected chi connectivity index (χ3v) is 6.96. The van der Waals surface area contributed by atoms with Gasteiger partial charge in [-0.25, -0.2) is 8.42 Å². The minimum atomic E-state index is -3.67. The van der Waals surface area contributed by atoms with Crippen LogP contribution in [-0.2, 0) is 10.0 Å². The Labute approximate surface area is 129 Å². The highest BCUT2D eigenvalue weighted by Crippen LogP contribution is 2.37. The second kappa shape index (κ2) is 5.25. The molecule has 0 bridgehead atoms. The third-order valence-electron chi connectivity index (χ3n) is 4.53. The summed E-state index contributed by atoms with van der Waals surface area (Å²) < 4.78 is 27.3. The maximum Gasteiger partial charge on any atom is 0.244 e. The van der Waals surface area contributed by atoms with Gasteiger partial charge in [0.25, 0.3) is 0 Å². The van der Waals surface area contributed by atoms with Gasteiger partial charge in [0.2, 0.25) is 10.0 Å². The summed E-state index contributed by atoms with van der Waals surface area (Å²) in [7, 11) is -3.67. The Morgan fingerprint density at radius 3 is 2.86 bits per heavy atom. The highest BCUT2D eigenvalue weighted by Gasteiger charge is 2.47. The van der Waals surface area contributed by atoms with Gasteiger partial charge in [-0.1, -0.05) is 11.6 Å². The van der Waals surface area contributed by atoms with Crippen LogP contribution in [0.2, 0.25) is 5.02 Å². The van der Waals surface area contributed by atoms with E-state index < -0.39 is 10.0 Å². The molecule has 1 aromatic rings. The molecule has 0 aliphatic carbocycles. The van der Waals surface area contributed by atoms with Gasteiger partial charge < -0.3 is 5.32 Å². The predicted molar refractivity (Wildman–Crippen MR) is 79.4 cm³/mol. The van der Waals surface area contributed by atoms with E-state index in [2.05, 4.69) is 5.32 Å². The predicted octanol–water partition coefficient (Wildman–Crippen LogP) is 1.44. The van der Waals surface area contributed by atoms with Crippen molar-refractivity contribution in [3.63, 3.8) is 0 Å². The molecule has 2 aliphatic rings. The lowest BCUT2D eigenvalue weighted by atomic mass is 9.95. The van der Waals surface area contributed by atoms with Crippen molar-refractivity contribution in [2.45, 2.75) is 17.9 Å². The molecule has 3 rings (SSSR count). The van der Waals surface area contributed by atoms with Crippen LogP contribution >= 0.6 is 11.6 Å². The van der Waals surface area contributed by atoms with Crippen LogP contribution in [0.5, 0.6) is 0 Å². The molecule has 0 aromatic heterocycles. The zero-order valence-electron chi connectivity index (χ0n) is 11.6. The van der Waals surface area contributed by atoms with E-state index in [0.717, 1.165) is 13.1 Å². The summed E-state index contributed by atoms with van der Waals surface area (Å²) >= 11 is 6.06. The highest BCUT2D eigenvalue weighted by atomic mass is 35.5. The molecule has 2 fully saturated rings. The van der Waals surface area contributed by atoms with E-state index >= 15 is 0 Å². The van der Waals surface area contributed by atoms with Crippen molar-refractivity contribution >= 4 is 21.6 Å². The maximum absolute atomic E-state index is 12.9. The number of rotatable bonds is 2. The average Bonchev–Trinajstić information content (AvgIpc) is 3.03. The van der Waals surface area contributed by atoms with E-state index in [9.17, 15) is 8.42 Å². The Kier molecular flexibility index (Phi) is 3.70. The van der Waals surface area contributed by atoms with Gasteiger partial charge >= 0.3 is 0 Å². The molecule has 5 nitrogen and oxygen atoms in total. The van der Waals surface area contributed by atoms with Crippen LogP contribution in [0.25, 0.3) is 0 Å². The van der Waals surface area contributed by atoms with Crippen molar-refractivity contribution in [2.24, 2.45) is 11.8 Å². The summed E-state index contributed by atoms with van der Waals surface area (Å²) in [6, 6.07) is 6.25. The van der Waals surface area contributed by atoms with Gasteiger partial charge in [0.1, 0.15) is 4.90 Å². The average molecular weight is 326 g/mol. The smallest absolute Gasteiger partial charge is 0.244 e. The second-order valence-electron chi connectivity index (χ2n) is 5.65. The SMILES string of the molecule is CC1C2CNCC2CN1S(=O)(=O)c1cc(C#N)ccc1Cl. The molecule has 112 valence electrons. The minimum Gasteiger partial charge on any atom is -0.316 e. The van der Waals surface area contributed by atoms with E-state index in [1.54, 1.807) is 0 Å². The van der Waals surface area contributed by atoms with Crippen LogP contribution in [0.15, 0.2) is 23.1 Å². The second-order valence-corrected chi connectivity index (χ2v) is 7.92. The first-order valence-corrected chi connectivity index (χ1v) is 8.69. The van der Waals surface area contributed by atoms with E-state index in [-0.39, 0.29) is 16.0 Å². The number of hydrogen-bond donors (Lipinski definition) is 1. The lowest BCUT2D eigenvalue weighted by molar-refractivity contribution is 0.360. The summed E-state index contributed by atoms with van der Waals surface area (Å²) in [6.07, 6.45) is 0. The summed E-state index contributed by atoms with van der Waals surface area (Å²) in [4.78, 5) is 0.0306. The van der Waals surface area contributed by atoms with Crippen LogP contribution in [0.4, 0.5) is 0 Å². The Hall–Kier alpha value is -1.13. The van der Waals surface area contributed by atoms with Gasteiger partial charge in [-0.2, -0.15) is 9.57 Å². The molecule has 0 radical (unpaired) electrons. The van der Waals surface area contributed by atoms with Crippen molar-refractivity contribution in [1.29, 1.82) is 5.26 Å². The molecule has 0 spiro atoms. The first-order chi connectivity index (χ1) is 9.95. The van der Waals surface area contributed by atoms with Crippen molar-refractivity contribution < 1.29 is 8.42 Å². The lowest BCUT2D eigenvalue weighted by Crippen LogP contribution is -2.38. The van der Waals surface area contributed by atoms with Crippen LogP contribution < -0.4 is 5.32 Å². The Balaban J connectivity index is 2.00. The quantitative estimate of drug-likeness (QED) is 0.893. The van der Waals surface area contributed by atoms with Gasteiger partial charge in [0.15, 0.2) is 0 Å². The molecule has 2 heterocycles. The minimum absolute atomic E-state index is 0.0306. The molecule has 2 aliphatic heterocycles. The molecule has 1 aromatic carbocycles. The fourth-order valence-corrected chi connectivity index (χ4v) is 5.58. The monoisotopic (exact) mass is 325 g/mol. The first kappa shape index (κ1) is 14.8. The van der Waals surface area contributed by atoms with Gasteiger partial charge in [-0.05, 0) is 50.0 Å². The summed E-state index contributed by atoms with van der Waals surface area (Å²) in [5.74, 6) is 0.699. The van der Waals surface area contributed by atoms with Gasteiger partial charge in [0.05, 0.1) is 16.7 Å². The van der Waals surface area contributed by atoms with Crippen LogP contribution in [0.1, 0.15) is 12.5 Å². The number of fused-ring (bicyclic) bond motifs is 1. The summed E-state index contributed by atoms with van der Waals surface area (Å²) in [6.45, 7) is 4.16. The molecular weight excluding hydrogens is 310 g/mol. The Morgan fingerprint density at radius 2 is 2.19 bits per heavy atom. The van der Waals surface area contributed by atoms with E-state index in [4.69, 9.17) is 16.9 Å². The van der Waals surface area contributed by atoms with Crippen LogP contribution in [0.3, 0.4) is 0 Å². The standard InChI is InChI=1S/C14H16ClN3O2S/c1-9-12-7-17-6-11(12)8-18(9)21(19,20)14-4-10(5-16)2-3-13(14)15/h2-4,9,11-12,17H,6-8H2,1H3. The number of nitrogens with one attached hydrogen (secondary N) is 1. The molecule has 0 amide bonds. The lowest BCUT2D eigenvalue weighted by Gasteiger charge is -2.24. The van der Waals surface area contributed by atoms with Crippen LogP contribution in [-0.4, -0.2) is 38.4 Å². The Morgan fingerprint density at radius 1 is 1.43 bits per heavy atom. The first-order valence-electron chi connectivity index (χ1n) is 6.87. The number of sulfonamides is 1. The number of hydrogen-bond acceptors (Lipinski definition) is 4. The van der Waals surface area contributed by atoms with E-state index in [1.807, 2.05) is 13.0 Å². The molecule has 1 N–H and O–H groups in total. The van der Waals surface area contributed by atoms with Crippen LogP contribution in [0, 0.1) is 23.2 Å².